The van der Waals surface area contributed by atoms with Crippen LogP contribution in [0.2, 0.25) is 0 Å². The topological polar surface area (TPSA) is 66.4 Å². The third-order valence-corrected chi connectivity index (χ3v) is 4.14. The minimum absolute atomic E-state index is 0.0185. The number of carbonyl (C=O) groups excluding carboxylic acids is 1. The fourth-order valence-corrected chi connectivity index (χ4v) is 2.62. The van der Waals surface area contributed by atoms with E-state index in [-0.39, 0.29) is 11.2 Å². The minimum Gasteiger partial charge on any atom is -0.478 e. The van der Waals surface area contributed by atoms with Crippen LogP contribution in [0.4, 0.5) is 0 Å². The van der Waals surface area contributed by atoms with E-state index < -0.39 is 5.97 Å². The van der Waals surface area contributed by atoms with E-state index in [9.17, 15) is 9.59 Å². The molecule has 4 nitrogen and oxygen atoms in total. The van der Waals surface area contributed by atoms with Crippen LogP contribution in [0.3, 0.4) is 0 Å². The summed E-state index contributed by atoms with van der Waals surface area (Å²) in [6.45, 7) is 3.60. The molecule has 1 saturated carbocycles. The van der Waals surface area contributed by atoms with Gasteiger partial charge in [0, 0.05) is 10.9 Å². The second-order valence-electron chi connectivity index (χ2n) is 4.82. The van der Waals surface area contributed by atoms with Crippen molar-refractivity contribution in [1.29, 1.82) is 0 Å². The molecule has 0 saturated heterocycles. The summed E-state index contributed by atoms with van der Waals surface area (Å²) >= 11 is 1.39. The molecule has 19 heavy (non-hydrogen) atoms. The van der Waals surface area contributed by atoms with Crippen LogP contribution in [-0.4, -0.2) is 28.3 Å². The lowest BCUT2D eigenvalue weighted by atomic mass is 10.1. The molecular weight excluding hydrogens is 262 g/mol. The predicted octanol–water partition coefficient (Wildman–Crippen LogP) is 2.45. The van der Waals surface area contributed by atoms with Crippen LogP contribution in [-0.2, 0) is 4.79 Å². The van der Waals surface area contributed by atoms with Crippen molar-refractivity contribution in [2.24, 2.45) is 0 Å². The van der Waals surface area contributed by atoms with Gasteiger partial charge in [0.05, 0.1) is 10.8 Å². The van der Waals surface area contributed by atoms with E-state index in [1.54, 1.807) is 19.1 Å². The van der Waals surface area contributed by atoms with E-state index in [4.69, 9.17) is 5.11 Å². The van der Waals surface area contributed by atoms with Gasteiger partial charge in [0.2, 0.25) is 5.91 Å². The van der Waals surface area contributed by atoms with Gasteiger partial charge in [0.1, 0.15) is 0 Å². The van der Waals surface area contributed by atoms with E-state index in [1.807, 2.05) is 13.0 Å². The van der Waals surface area contributed by atoms with Gasteiger partial charge in [-0.1, -0.05) is 6.07 Å². The minimum atomic E-state index is -0.935. The highest BCUT2D eigenvalue weighted by Crippen LogP contribution is 2.27. The highest BCUT2D eigenvalue weighted by molar-refractivity contribution is 8.00. The Balaban J connectivity index is 2.03. The lowest BCUT2D eigenvalue weighted by Gasteiger charge is -2.12. The van der Waals surface area contributed by atoms with E-state index in [0.29, 0.717) is 11.6 Å². The number of thioether (sulfide) groups is 1. The number of rotatable bonds is 5. The molecule has 1 unspecified atom stereocenters. The quantitative estimate of drug-likeness (QED) is 0.813. The van der Waals surface area contributed by atoms with Gasteiger partial charge in [-0.2, -0.15) is 0 Å². The van der Waals surface area contributed by atoms with E-state index in [2.05, 4.69) is 5.32 Å². The molecule has 1 aromatic rings. The summed E-state index contributed by atoms with van der Waals surface area (Å²) in [5.41, 5.74) is 1.02. The smallest absolute Gasteiger partial charge is 0.335 e. The molecule has 1 fully saturated rings. The number of aryl methyl sites for hydroxylation is 1. The maximum atomic E-state index is 11.8. The molecular formula is C14H17NO3S. The van der Waals surface area contributed by atoms with E-state index in [0.717, 1.165) is 23.3 Å². The van der Waals surface area contributed by atoms with Crippen molar-refractivity contribution in [3.05, 3.63) is 29.3 Å². The molecule has 1 amide bonds. The molecule has 0 aliphatic heterocycles. The SMILES string of the molecule is Cc1ccc(SC(C)C(=O)NC2CC2)cc1C(=O)O. The van der Waals surface area contributed by atoms with Gasteiger partial charge in [-0.05, 0) is 44.4 Å². The van der Waals surface area contributed by atoms with Crippen LogP contribution in [0.5, 0.6) is 0 Å². The Hall–Kier alpha value is -1.49. The van der Waals surface area contributed by atoms with Crippen molar-refractivity contribution in [3.8, 4) is 0 Å². The summed E-state index contributed by atoms with van der Waals surface area (Å²) in [6.07, 6.45) is 2.13. The number of amides is 1. The summed E-state index contributed by atoms with van der Waals surface area (Å²) in [7, 11) is 0. The zero-order chi connectivity index (χ0) is 14.0. The fraction of sp³-hybridized carbons (Fsp3) is 0.429. The Morgan fingerprint density at radius 1 is 1.42 bits per heavy atom. The van der Waals surface area contributed by atoms with Crippen LogP contribution in [0, 0.1) is 6.92 Å². The number of carboxylic acids is 1. The maximum Gasteiger partial charge on any atom is 0.335 e. The Bertz CT molecular complexity index is 511. The maximum absolute atomic E-state index is 11.8. The van der Waals surface area contributed by atoms with Crippen LogP contribution in [0.25, 0.3) is 0 Å². The van der Waals surface area contributed by atoms with Crippen LogP contribution >= 0.6 is 11.8 Å². The average molecular weight is 279 g/mol. The molecule has 2 rings (SSSR count). The van der Waals surface area contributed by atoms with E-state index in [1.165, 1.54) is 11.8 Å². The molecule has 0 radical (unpaired) electrons. The summed E-state index contributed by atoms with van der Waals surface area (Å²) in [5, 5.41) is 11.8. The normalized spacial score (nSPS) is 15.9. The largest absolute Gasteiger partial charge is 0.478 e. The molecule has 1 aliphatic rings. The van der Waals surface area contributed by atoms with Crippen molar-refractivity contribution in [1.82, 2.24) is 5.32 Å². The van der Waals surface area contributed by atoms with Crippen LogP contribution in [0.1, 0.15) is 35.7 Å². The second-order valence-corrected chi connectivity index (χ2v) is 6.24. The summed E-state index contributed by atoms with van der Waals surface area (Å²) in [4.78, 5) is 23.7. The molecule has 0 bridgehead atoms. The Morgan fingerprint density at radius 3 is 2.68 bits per heavy atom. The number of benzene rings is 1. The standard InChI is InChI=1S/C14H17NO3S/c1-8-3-6-11(7-12(8)14(17)18)19-9(2)13(16)15-10-4-5-10/h3,6-7,9-10H,4-5H2,1-2H3,(H,15,16)(H,17,18). The van der Waals surface area contributed by atoms with Gasteiger partial charge < -0.3 is 10.4 Å². The van der Waals surface area contributed by atoms with Gasteiger partial charge in [-0.3, -0.25) is 4.79 Å². The van der Waals surface area contributed by atoms with Crippen molar-refractivity contribution in [2.45, 2.75) is 42.9 Å². The Morgan fingerprint density at radius 2 is 2.11 bits per heavy atom. The lowest BCUT2D eigenvalue weighted by molar-refractivity contribution is -0.120. The molecule has 0 heterocycles. The Labute approximate surface area is 116 Å². The molecule has 0 spiro atoms. The first-order valence-corrected chi connectivity index (χ1v) is 7.16. The van der Waals surface area contributed by atoms with Gasteiger partial charge in [-0.25, -0.2) is 4.79 Å². The van der Waals surface area contributed by atoms with Crippen LogP contribution in [0.15, 0.2) is 23.1 Å². The fourth-order valence-electron chi connectivity index (χ4n) is 1.71. The van der Waals surface area contributed by atoms with Gasteiger partial charge >= 0.3 is 5.97 Å². The zero-order valence-corrected chi connectivity index (χ0v) is 11.8. The average Bonchev–Trinajstić information content (AvgIpc) is 3.15. The number of carbonyl (C=O) groups is 2. The first-order chi connectivity index (χ1) is 8.97. The van der Waals surface area contributed by atoms with E-state index >= 15 is 0 Å². The molecule has 5 heteroatoms. The van der Waals surface area contributed by atoms with Crippen LogP contribution < -0.4 is 5.32 Å². The number of hydrogen-bond acceptors (Lipinski definition) is 3. The summed E-state index contributed by atoms with van der Waals surface area (Å²) in [5.74, 6) is -0.917. The van der Waals surface area contributed by atoms with Crippen molar-refractivity contribution >= 4 is 23.6 Å². The second kappa shape index (κ2) is 5.65. The summed E-state index contributed by atoms with van der Waals surface area (Å²) < 4.78 is 0. The third-order valence-electron chi connectivity index (χ3n) is 3.05. The molecule has 0 aromatic heterocycles. The monoisotopic (exact) mass is 279 g/mol. The Kier molecular flexibility index (Phi) is 4.14. The molecule has 1 aromatic carbocycles. The van der Waals surface area contributed by atoms with Gasteiger partial charge in [-0.15, -0.1) is 11.8 Å². The highest BCUT2D eigenvalue weighted by atomic mass is 32.2. The van der Waals surface area contributed by atoms with Crippen molar-refractivity contribution < 1.29 is 14.7 Å². The zero-order valence-electron chi connectivity index (χ0n) is 11.0. The van der Waals surface area contributed by atoms with Crippen molar-refractivity contribution in [3.63, 3.8) is 0 Å². The molecule has 102 valence electrons. The van der Waals surface area contributed by atoms with Gasteiger partial charge in [0.15, 0.2) is 0 Å². The van der Waals surface area contributed by atoms with Gasteiger partial charge in [0.25, 0.3) is 0 Å². The lowest BCUT2D eigenvalue weighted by Crippen LogP contribution is -2.32. The first kappa shape index (κ1) is 13.9. The van der Waals surface area contributed by atoms with Crippen molar-refractivity contribution in [2.75, 3.05) is 0 Å². The third kappa shape index (κ3) is 3.73. The number of carboxylic acid groups (broad SMARTS) is 1. The number of hydrogen-bond donors (Lipinski definition) is 2. The molecule has 1 atom stereocenters. The highest BCUT2D eigenvalue weighted by Gasteiger charge is 2.26. The number of aromatic carboxylic acids is 1. The first-order valence-electron chi connectivity index (χ1n) is 6.28. The molecule has 1 aliphatic carbocycles. The summed E-state index contributed by atoms with van der Waals surface area (Å²) in [6, 6.07) is 5.61. The molecule has 2 N–H and O–H groups in total. The number of nitrogens with one attached hydrogen (secondary N) is 1. The predicted molar refractivity (Wildman–Crippen MR) is 74.6 cm³/mol.